The molecule has 2 aliphatic rings. The van der Waals surface area contributed by atoms with Crippen molar-refractivity contribution in [2.24, 2.45) is 11.3 Å². The molecule has 136 valence electrons. The molecule has 1 saturated heterocycles. The summed E-state index contributed by atoms with van der Waals surface area (Å²) < 4.78 is 19.1. The Morgan fingerprint density at radius 3 is 2.92 bits per heavy atom. The molecule has 1 heterocycles. The molecule has 3 rings (SSSR count). The van der Waals surface area contributed by atoms with Gasteiger partial charge in [-0.1, -0.05) is 18.6 Å². The zero-order valence-corrected chi connectivity index (χ0v) is 14.2. The molecule has 2 N–H and O–H groups in total. The minimum absolute atomic E-state index is 0.0304. The van der Waals surface area contributed by atoms with Gasteiger partial charge in [0.2, 0.25) is 0 Å². The standard InChI is InChI=1S/C18H23FN2O4/c1-12(25-15-7-3-2-6-14(15)19)9-20-17(24)21-10-13-5-4-8-18(13,11-21)16(22)23/h2-3,6-7,12-13H,4-5,8-11H2,1H3,(H,20,24)(H,22,23)/t12?,13-,18+/m0/s1. The molecule has 1 aliphatic heterocycles. The number of nitrogens with zero attached hydrogens (tertiary/aromatic N) is 1. The fourth-order valence-electron chi connectivity index (χ4n) is 3.94. The third-order valence-electron chi connectivity index (χ3n) is 5.29. The predicted molar refractivity (Wildman–Crippen MR) is 88.9 cm³/mol. The first-order valence-electron chi connectivity index (χ1n) is 8.60. The first-order valence-corrected chi connectivity index (χ1v) is 8.60. The summed E-state index contributed by atoms with van der Waals surface area (Å²) in [6.07, 6.45) is 1.98. The Kier molecular flexibility index (Phi) is 4.83. The normalized spacial score (nSPS) is 26.2. The van der Waals surface area contributed by atoms with Crippen molar-refractivity contribution < 1.29 is 23.8 Å². The van der Waals surface area contributed by atoms with Crippen molar-refractivity contribution in [3.63, 3.8) is 0 Å². The first-order chi connectivity index (χ1) is 11.9. The van der Waals surface area contributed by atoms with Crippen LogP contribution in [-0.2, 0) is 4.79 Å². The molecule has 1 aromatic rings. The second-order valence-corrected chi connectivity index (χ2v) is 6.98. The molecular formula is C18H23FN2O4. The van der Waals surface area contributed by atoms with E-state index in [1.807, 2.05) is 0 Å². The summed E-state index contributed by atoms with van der Waals surface area (Å²) in [5, 5.41) is 12.3. The SMILES string of the molecule is CC(CNC(=O)N1C[C@@H]2CCC[C@@]2(C(=O)O)C1)Oc1ccccc1F. The topological polar surface area (TPSA) is 78.9 Å². The van der Waals surface area contributed by atoms with Crippen LogP contribution in [0.25, 0.3) is 0 Å². The Labute approximate surface area is 146 Å². The number of para-hydroxylation sites is 1. The lowest BCUT2D eigenvalue weighted by Crippen LogP contribution is -2.44. The molecular weight excluding hydrogens is 327 g/mol. The number of ether oxygens (including phenoxy) is 1. The highest BCUT2D eigenvalue weighted by atomic mass is 19.1. The molecule has 7 heteroatoms. The van der Waals surface area contributed by atoms with Crippen molar-refractivity contribution in [1.29, 1.82) is 0 Å². The third kappa shape index (κ3) is 3.41. The Hall–Kier alpha value is -2.31. The maximum atomic E-state index is 13.6. The summed E-state index contributed by atoms with van der Waals surface area (Å²) in [5.74, 6) is -1.08. The van der Waals surface area contributed by atoms with Crippen LogP contribution in [0.3, 0.4) is 0 Å². The van der Waals surface area contributed by atoms with E-state index in [2.05, 4.69) is 5.32 Å². The van der Waals surface area contributed by atoms with Crippen LogP contribution in [0.5, 0.6) is 5.75 Å². The number of likely N-dealkylation sites (tertiary alicyclic amines) is 1. The molecule has 0 spiro atoms. The van der Waals surface area contributed by atoms with E-state index in [1.165, 1.54) is 12.1 Å². The van der Waals surface area contributed by atoms with Crippen molar-refractivity contribution in [2.45, 2.75) is 32.3 Å². The van der Waals surface area contributed by atoms with Gasteiger partial charge < -0.3 is 20.1 Å². The van der Waals surface area contributed by atoms with E-state index < -0.39 is 23.3 Å². The number of carboxylic acid groups (broad SMARTS) is 1. The summed E-state index contributed by atoms with van der Waals surface area (Å²) >= 11 is 0. The lowest BCUT2D eigenvalue weighted by atomic mass is 9.81. The fraction of sp³-hybridized carbons (Fsp3) is 0.556. The molecule has 1 aliphatic carbocycles. The van der Waals surface area contributed by atoms with E-state index in [0.717, 1.165) is 12.8 Å². The molecule has 6 nitrogen and oxygen atoms in total. The first kappa shape index (κ1) is 17.5. The van der Waals surface area contributed by atoms with E-state index in [-0.39, 0.29) is 30.8 Å². The zero-order valence-electron chi connectivity index (χ0n) is 14.2. The van der Waals surface area contributed by atoms with Crippen LogP contribution in [0, 0.1) is 17.2 Å². The predicted octanol–water partition coefficient (Wildman–Crippen LogP) is 2.49. The average Bonchev–Trinajstić information content (AvgIpc) is 3.13. The van der Waals surface area contributed by atoms with Gasteiger partial charge in [0.05, 0.1) is 12.0 Å². The lowest BCUT2D eigenvalue weighted by Gasteiger charge is -2.24. The molecule has 1 aromatic carbocycles. The Balaban J connectivity index is 1.52. The smallest absolute Gasteiger partial charge is 0.317 e. The largest absolute Gasteiger partial charge is 0.486 e. The van der Waals surface area contributed by atoms with Crippen LogP contribution in [0.1, 0.15) is 26.2 Å². The van der Waals surface area contributed by atoms with Crippen LogP contribution in [0.4, 0.5) is 9.18 Å². The number of nitrogens with one attached hydrogen (secondary N) is 1. The van der Waals surface area contributed by atoms with Gasteiger partial charge in [-0.3, -0.25) is 4.79 Å². The molecule has 0 aromatic heterocycles. The van der Waals surface area contributed by atoms with Crippen molar-refractivity contribution in [1.82, 2.24) is 10.2 Å². The van der Waals surface area contributed by atoms with Crippen molar-refractivity contribution in [3.8, 4) is 5.75 Å². The number of carboxylic acids is 1. The highest BCUT2D eigenvalue weighted by Crippen LogP contribution is 2.48. The second kappa shape index (κ2) is 6.90. The van der Waals surface area contributed by atoms with Crippen LogP contribution >= 0.6 is 0 Å². The highest BCUT2D eigenvalue weighted by molar-refractivity contribution is 5.80. The van der Waals surface area contributed by atoms with E-state index in [9.17, 15) is 19.1 Å². The van der Waals surface area contributed by atoms with Crippen LogP contribution < -0.4 is 10.1 Å². The zero-order chi connectivity index (χ0) is 18.0. The van der Waals surface area contributed by atoms with Gasteiger partial charge in [0.15, 0.2) is 11.6 Å². The fourth-order valence-corrected chi connectivity index (χ4v) is 3.94. The number of amides is 2. The van der Waals surface area contributed by atoms with E-state index in [0.29, 0.717) is 13.0 Å². The van der Waals surface area contributed by atoms with Gasteiger partial charge in [-0.25, -0.2) is 9.18 Å². The minimum Gasteiger partial charge on any atom is -0.486 e. The van der Waals surface area contributed by atoms with Gasteiger partial charge in [0.25, 0.3) is 0 Å². The number of carbonyl (C=O) groups excluding carboxylic acids is 1. The average molecular weight is 350 g/mol. The van der Waals surface area contributed by atoms with Crippen molar-refractivity contribution in [2.75, 3.05) is 19.6 Å². The quantitative estimate of drug-likeness (QED) is 0.855. The number of hydrogen-bond acceptors (Lipinski definition) is 3. The van der Waals surface area contributed by atoms with E-state index >= 15 is 0 Å². The highest BCUT2D eigenvalue weighted by Gasteiger charge is 2.55. The minimum atomic E-state index is -0.804. The number of aliphatic carboxylic acids is 1. The van der Waals surface area contributed by atoms with Crippen molar-refractivity contribution in [3.05, 3.63) is 30.1 Å². The molecule has 0 bridgehead atoms. The maximum Gasteiger partial charge on any atom is 0.317 e. The van der Waals surface area contributed by atoms with Gasteiger partial charge in [-0.2, -0.15) is 0 Å². The Morgan fingerprint density at radius 2 is 2.24 bits per heavy atom. The molecule has 3 atom stereocenters. The van der Waals surface area contributed by atoms with Crippen LogP contribution in [0.15, 0.2) is 24.3 Å². The van der Waals surface area contributed by atoms with Gasteiger partial charge in [-0.15, -0.1) is 0 Å². The van der Waals surface area contributed by atoms with E-state index in [4.69, 9.17) is 4.74 Å². The number of hydrogen-bond donors (Lipinski definition) is 2. The molecule has 2 fully saturated rings. The van der Waals surface area contributed by atoms with Gasteiger partial charge >= 0.3 is 12.0 Å². The second-order valence-electron chi connectivity index (χ2n) is 6.98. The van der Waals surface area contributed by atoms with Gasteiger partial charge in [0.1, 0.15) is 6.10 Å². The van der Waals surface area contributed by atoms with Crippen LogP contribution in [0.2, 0.25) is 0 Å². The number of halogens is 1. The number of carbonyl (C=O) groups is 2. The molecule has 1 saturated carbocycles. The van der Waals surface area contributed by atoms with Gasteiger partial charge in [0, 0.05) is 13.1 Å². The summed E-state index contributed by atoms with van der Waals surface area (Å²) in [5.41, 5.74) is -0.785. The molecule has 1 unspecified atom stereocenters. The van der Waals surface area contributed by atoms with Crippen LogP contribution in [-0.4, -0.2) is 47.7 Å². The molecule has 2 amide bonds. The van der Waals surface area contributed by atoms with Gasteiger partial charge in [-0.05, 0) is 37.8 Å². The summed E-state index contributed by atoms with van der Waals surface area (Å²) in [7, 11) is 0. The third-order valence-corrected chi connectivity index (χ3v) is 5.29. The lowest BCUT2D eigenvalue weighted by molar-refractivity contribution is -0.149. The summed E-state index contributed by atoms with van der Waals surface area (Å²) in [6, 6.07) is 5.81. The summed E-state index contributed by atoms with van der Waals surface area (Å²) in [6.45, 7) is 2.68. The Bertz CT molecular complexity index is 668. The number of rotatable bonds is 5. The monoisotopic (exact) mass is 350 g/mol. The number of urea groups is 1. The number of benzene rings is 1. The van der Waals surface area contributed by atoms with E-state index in [1.54, 1.807) is 24.0 Å². The van der Waals surface area contributed by atoms with Crippen molar-refractivity contribution >= 4 is 12.0 Å². The molecule has 0 radical (unpaired) electrons. The summed E-state index contributed by atoms with van der Waals surface area (Å²) in [4.78, 5) is 25.6. The number of fused-ring (bicyclic) bond motifs is 1. The maximum absolute atomic E-state index is 13.6. The Morgan fingerprint density at radius 1 is 1.48 bits per heavy atom. The molecule has 25 heavy (non-hydrogen) atoms.